The van der Waals surface area contributed by atoms with Crippen LogP contribution in [0.15, 0.2) is 12.1 Å². The van der Waals surface area contributed by atoms with Gasteiger partial charge in [0.15, 0.2) is 5.16 Å². The van der Waals surface area contributed by atoms with Gasteiger partial charge in [0, 0.05) is 19.6 Å². The van der Waals surface area contributed by atoms with Crippen LogP contribution in [0.5, 0.6) is 5.75 Å². The molecule has 0 unspecified atom stereocenters. The number of methoxy groups -OCH3 is 1. The van der Waals surface area contributed by atoms with E-state index in [-0.39, 0.29) is 11.1 Å². The Morgan fingerprint density at radius 1 is 1.13 bits per heavy atom. The van der Waals surface area contributed by atoms with Gasteiger partial charge in [-0.15, -0.1) is 0 Å². The normalized spacial score (nSPS) is 21.6. The molecule has 1 aliphatic carbocycles. The summed E-state index contributed by atoms with van der Waals surface area (Å²) in [6, 6.07) is 4.00. The number of nitrogens with one attached hydrogen (secondary N) is 1. The van der Waals surface area contributed by atoms with Crippen LogP contribution < -0.4 is 10.1 Å². The third-order valence-electron chi connectivity index (χ3n) is 6.17. The van der Waals surface area contributed by atoms with E-state index < -0.39 is 7.26 Å². The summed E-state index contributed by atoms with van der Waals surface area (Å²) in [5.41, 5.74) is 3.15. The van der Waals surface area contributed by atoms with E-state index in [1.807, 2.05) is 26.0 Å². The van der Waals surface area contributed by atoms with Gasteiger partial charge in [-0.2, -0.15) is 0 Å². The lowest BCUT2D eigenvalue weighted by molar-refractivity contribution is -0.120. The number of rotatable bonds is 4. The zero-order valence-corrected chi connectivity index (χ0v) is 15.8. The molecule has 2 fully saturated rings. The molecule has 0 radical (unpaired) electrons. The quantitative estimate of drug-likeness (QED) is 0.816. The minimum Gasteiger partial charge on any atom is -0.497 e. The molecule has 0 bridgehead atoms. The highest BCUT2D eigenvalue weighted by Crippen LogP contribution is 2.75. The summed E-state index contributed by atoms with van der Waals surface area (Å²) in [4.78, 5) is 13.3. The molecule has 0 atom stereocenters. The van der Waals surface area contributed by atoms with E-state index in [0.717, 1.165) is 35.4 Å². The van der Waals surface area contributed by atoms with E-state index in [1.54, 1.807) is 7.11 Å². The largest absolute Gasteiger partial charge is 0.497 e. The van der Waals surface area contributed by atoms with E-state index in [9.17, 15) is 4.79 Å². The Morgan fingerprint density at radius 3 is 2.13 bits per heavy atom. The molecule has 2 aliphatic rings. The summed E-state index contributed by atoms with van der Waals surface area (Å²) in [6.45, 7) is 6.54. The van der Waals surface area contributed by atoms with Gasteiger partial charge in [0.1, 0.15) is 5.75 Å². The third-order valence-corrected chi connectivity index (χ3v) is 11.5. The van der Waals surface area contributed by atoms with Crippen molar-refractivity contribution < 1.29 is 9.53 Å². The zero-order valence-electron chi connectivity index (χ0n) is 14.9. The number of anilines is 1. The Morgan fingerprint density at radius 2 is 1.70 bits per heavy atom. The SMILES string of the molecule is COc1cc(C)c(NC(=O)C2([P+]3(C)CCCC3)CCC2)c(C)c1. The third kappa shape index (κ3) is 2.67. The standard InChI is InChI=1S/C19H28NO2P/c1-14-12-16(22-3)13-15(2)17(14)20-18(21)19(8-7-9-19)23(4)10-5-6-11-23/h12-13H,5-11H2,1-4H3/p+1. The van der Waals surface area contributed by atoms with Crippen LogP contribution in [0.1, 0.15) is 43.2 Å². The van der Waals surface area contributed by atoms with Crippen LogP contribution >= 0.6 is 7.26 Å². The van der Waals surface area contributed by atoms with Gasteiger partial charge >= 0.3 is 0 Å². The molecule has 0 spiro atoms. The fraction of sp³-hybridized carbons (Fsp3) is 0.632. The predicted octanol–water partition coefficient (Wildman–Crippen LogP) is 4.61. The Bertz CT molecular complexity index is 593. The lowest BCUT2D eigenvalue weighted by atomic mass is 9.83. The molecule has 0 aromatic heterocycles. The number of hydrogen-bond donors (Lipinski definition) is 1. The summed E-state index contributed by atoms with van der Waals surface area (Å²) >= 11 is 0. The Hall–Kier alpha value is -1.08. The van der Waals surface area contributed by atoms with Crippen molar-refractivity contribution in [1.82, 2.24) is 0 Å². The van der Waals surface area contributed by atoms with Gasteiger partial charge in [-0.1, -0.05) is 0 Å². The first-order chi connectivity index (χ1) is 10.9. The van der Waals surface area contributed by atoms with Gasteiger partial charge in [-0.05, 0) is 69.2 Å². The number of carbonyl (C=O) groups is 1. The van der Waals surface area contributed by atoms with Crippen LogP contribution in [-0.4, -0.2) is 37.2 Å². The average molecular weight is 334 g/mol. The molecule has 1 amide bonds. The smallest absolute Gasteiger partial charge is 0.268 e. The second-order valence-corrected chi connectivity index (χ2v) is 12.1. The summed E-state index contributed by atoms with van der Waals surface area (Å²) in [5.74, 6) is 1.14. The molecule has 1 saturated heterocycles. The molecular weight excluding hydrogens is 305 g/mol. The molecular formula is C19H29NO2P+. The highest BCUT2D eigenvalue weighted by molar-refractivity contribution is 7.77. The minimum absolute atomic E-state index is 0.0394. The van der Waals surface area contributed by atoms with Gasteiger partial charge in [-0.25, -0.2) is 0 Å². The molecule has 1 heterocycles. The van der Waals surface area contributed by atoms with Crippen molar-refractivity contribution in [3.63, 3.8) is 0 Å². The molecule has 23 heavy (non-hydrogen) atoms. The van der Waals surface area contributed by atoms with Crippen molar-refractivity contribution >= 4 is 18.9 Å². The summed E-state index contributed by atoms with van der Waals surface area (Å²) in [7, 11) is 0.551. The topological polar surface area (TPSA) is 38.3 Å². The van der Waals surface area contributed by atoms with Crippen molar-refractivity contribution in [1.29, 1.82) is 0 Å². The van der Waals surface area contributed by atoms with Crippen molar-refractivity contribution in [3.8, 4) is 5.75 Å². The van der Waals surface area contributed by atoms with Crippen LogP contribution in [0.25, 0.3) is 0 Å². The van der Waals surface area contributed by atoms with E-state index >= 15 is 0 Å². The summed E-state index contributed by atoms with van der Waals surface area (Å²) < 4.78 is 5.33. The van der Waals surface area contributed by atoms with E-state index in [4.69, 9.17) is 4.74 Å². The van der Waals surface area contributed by atoms with Crippen molar-refractivity contribution in [2.24, 2.45) is 0 Å². The number of ether oxygens (including phenoxy) is 1. The molecule has 126 valence electrons. The first-order valence-corrected chi connectivity index (χ1v) is 11.3. The van der Waals surface area contributed by atoms with Crippen LogP contribution in [0, 0.1) is 13.8 Å². The monoisotopic (exact) mass is 334 g/mol. The number of aryl methyl sites for hydroxylation is 2. The van der Waals surface area contributed by atoms with Crippen LogP contribution in [0.4, 0.5) is 5.69 Å². The molecule has 3 nitrogen and oxygen atoms in total. The first-order valence-electron chi connectivity index (χ1n) is 8.73. The summed E-state index contributed by atoms with van der Waals surface area (Å²) in [5, 5.41) is 3.27. The number of hydrogen-bond acceptors (Lipinski definition) is 2. The van der Waals surface area contributed by atoms with E-state index in [2.05, 4.69) is 12.0 Å². The molecule has 1 aromatic carbocycles. The van der Waals surface area contributed by atoms with Gasteiger partial charge < -0.3 is 10.1 Å². The molecule has 4 heteroatoms. The zero-order chi connectivity index (χ0) is 16.7. The van der Waals surface area contributed by atoms with Gasteiger partial charge in [0.25, 0.3) is 5.91 Å². The van der Waals surface area contributed by atoms with E-state index in [1.165, 1.54) is 31.6 Å². The van der Waals surface area contributed by atoms with Crippen molar-refractivity contribution in [2.75, 3.05) is 31.4 Å². The molecule has 1 N–H and O–H groups in total. The maximum absolute atomic E-state index is 13.3. The lowest BCUT2D eigenvalue weighted by Gasteiger charge is -2.46. The highest BCUT2D eigenvalue weighted by atomic mass is 31.2. The van der Waals surface area contributed by atoms with Gasteiger partial charge in [0.05, 0.1) is 19.4 Å². The lowest BCUT2D eigenvalue weighted by Crippen LogP contribution is -2.50. The maximum atomic E-state index is 13.3. The second-order valence-electron chi connectivity index (χ2n) is 7.53. The molecule has 1 saturated carbocycles. The van der Waals surface area contributed by atoms with Gasteiger partial charge in [0.2, 0.25) is 0 Å². The highest BCUT2D eigenvalue weighted by Gasteiger charge is 2.63. The number of benzene rings is 1. The molecule has 1 aliphatic heterocycles. The van der Waals surface area contributed by atoms with Crippen LogP contribution in [0.3, 0.4) is 0 Å². The predicted molar refractivity (Wildman–Crippen MR) is 99.5 cm³/mol. The van der Waals surface area contributed by atoms with E-state index in [0.29, 0.717) is 0 Å². The maximum Gasteiger partial charge on any atom is 0.268 e. The molecule has 3 rings (SSSR count). The van der Waals surface area contributed by atoms with Crippen molar-refractivity contribution in [2.45, 2.75) is 51.1 Å². The fourth-order valence-electron chi connectivity index (χ4n) is 4.45. The van der Waals surface area contributed by atoms with Crippen LogP contribution in [-0.2, 0) is 4.79 Å². The van der Waals surface area contributed by atoms with Crippen LogP contribution in [0.2, 0.25) is 0 Å². The average Bonchev–Trinajstić information content (AvgIpc) is 2.88. The number of carbonyl (C=O) groups excluding carboxylic acids is 1. The number of amides is 1. The Kier molecular flexibility index (Phi) is 4.44. The minimum atomic E-state index is -1.13. The second kappa shape index (κ2) is 6.09. The van der Waals surface area contributed by atoms with Gasteiger partial charge in [-0.3, -0.25) is 4.79 Å². The van der Waals surface area contributed by atoms with Crippen molar-refractivity contribution in [3.05, 3.63) is 23.3 Å². The Labute approximate surface area is 140 Å². The molecule has 1 aromatic rings. The fourth-order valence-corrected chi connectivity index (χ4v) is 9.32. The summed E-state index contributed by atoms with van der Waals surface area (Å²) in [6.07, 6.45) is 8.65. The Balaban J connectivity index is 1.87. The first kappa shape index (κ1) is 16.8.